The molecule has 5 nitrogen and oxygen atoms in total. The summed E-state index contributed by atoms with van der Waals surface area (Å²) < 4.78 is 38.0. The molecule has 1 heterocycles. The Hall–Kier alpha value is -2.55. The van der Waals surface area contributed by atoms with Crippen LogP contribution in [-0.4, -0.2) is 23.7 Å². The number of amides is 2. The van der Waals surface area contributed by atoms with Gasteiger partial charge in [0.25, 0.3) is 0 Å². The molecule has 0 saturated heterocycles. The van der Waals surface area contributed by atoms with Crippen LogP contribution in [0.25, 0.3) is 10.4 Å². The fourth-order valence-electron chi connectivity index (χ4n) is 2.53. The van der Waals surface area contributed by atoms with Crippen LogP contribution in [0, 0.1) is 0 Å². The monoisotopic (exact) mass is 414 g/mol. The molecule has 0 aliphatic rings. The maximum atomic E-state index is 12.7. The zero-order valence-corrected chi connectivity index (χ0v) is 16.0. The molecular weight excluding hydrogens is 393 g/mol. The first-order chi connectivity index (χ1) is 13.2. The maximum absolute atomic E-state index is 12.7. The Morgan fingerprint density at radius 2 is 1.79 bits per heavy atom. The quantitative estimate of drug-likeness (QED) is 0.475. The van der Waals surface area contributed by atoms with Crippen molar-refractivity contribution in [3.05, 3.63) is 40.8 Å². The molecule has 0 radical (unpaired) electrons. The predicted octanol–water partition coefficient (Wildman–Crippen LogP) is 5.83. The van der Waals surface area contributed by atoms with E-state index in [1.165, 1.54) is 18.2 Å². The average Bonchev–Trinajstić information content (AvgIpc) is 3.05. The van der Waals surface area contributed by atoms with Gasteiger partial charge in [0.15, 0.2) is 0 Å². The second kappa shape index (κ2) is 9.59. The highest BCUT2D eigenvalue weighted by Gasteiger charge is 2.30. The number of thiophene rings is 1. The van der Waals surface area contributed by atoms with Gasteiger partial charge < -0.3 is 15.7 Å². The van der Waals surface area contributed by atoms with E-state index < -0.39 is 23.7 Å². The van der Waals surface area contributed by atoms with Crippen LogP contribution in [0.15, 0.2) is 30.3 Å². The van der Waals surface area contributed by atoms with Crippen molar-refractivity contribution >= 4 is 29.0 Å². The van der Waals surface area contributed by atoms with Crippen LogP contribution in [0.1, 0.15) is 47.8 Å². The lowest BCUT2D eigenvalue weighted by Gasteiger charge is -2.07. The summed E-state index contributed by atoms with van der Waals surface area (Å²) in [7, 11) is 0. The zero-order chi connectivity index (χ0) is 20.7. The van der Waals surface area contributed by atoms with Gasteiger partial charge >= 0.3 is 18.2 Å². The van der Waals surface area contributed by atoms with Crippen molar-refractivity contribution in [3.63, 3.8) is 0 Å². The molecule has 2 aromatic rings. The Labute approximate surface area is 164 Å². The van der Waals surface area contributed by atoms with Gasteiger partial charge in [-0.1, -0.05) is 38.3 Å². The number of carbonyl (C=O) groups is 2. The molecule has 0 atom stereocenters. The van der Waals surface area contributed by atoms with E-state index in [9.17, 15) is 27.9 Å². The SMILES string of the molecule is CCCCCCNC(=O)Nc1cc(-c2ccc(C(F)(F)F)cc2)sc1C(=O)O. The Morgan fingerprint density at radius 1 is 1.11 bits per heavy atom. The Kier molecular flexibility index (Phi) is 7.45. The number of carboxylic acids is 1. The average molecular weight is 414 g/mol. The minimum atomic E-state index is -4.44. The van der Waals surface area contributed by atoms with Gasteiger partial charge in [0, 0.05) is 11.4 Å². The molecule has 0 aliphatic heterocycles. The number of carboxylic acid groups (broad SMARTS) is 1. The number of nitrogens with one attached hydrogen (secondary N) is 2. The van der Waals surface area contributed by atoms with E-state index in [4.69, 9.17) is 0 Å². The van der Waals surface area contributed by atoms with Gasteiger partial charge in [0.1, 0.15) is 4.88 Å². The van der Waals surface area contributed by atoms with Gasteiger partial charge in [-0.15, -0.1) is 11.3 Å². The molecule has 3 N–H and O–H groups in total. The molecular formula is C19H21F3N2O3S. The Morgan fingerprint density at radius 3 is 2.36 bits per heavy atom. The minimum Gasteiger partial charge on any atom is -0.477 e. The number of halogens is 3. The number of hydrogen-bond acceptors (Lipinski definition) is 3. The summed E-state index contributed by atoms with van der Waals surface area (Å²) in [6.07, 6.45) is -0.466. The van der Waals surface area contributed by atoms with Crippen molar-refractivity contribution in [3.8, 4) is 10.4 Å². The van der Waals surface area contributed by atoms with Crippen LogP contribution in [-0.2, 0) is 6.18 Å². The van der Waals surface area contributed by atoms with E-state index >= 15 is 0 Å². The van der Waals surface area contributed by atoms with E-state index in [1.54, 1.807) is 0 Å². The van der Waals surface area contributed by atoms with Crippen LogP contribution >= 0.6 is 11.3 Å². The fraction of sp³-hybridized carbons (Fsp3) is 0.368. The highest BCUT2D eigenvalue weighted by Crippen LogP contribution is 2.36. The summed E-state index contributed by atoms with van der Waals surface area (Å²) in [4.78, 5) is 23.8. The van der Waals surface area contributed by atoms with Gasteiger partial charge in [-0.3, -0.25) is 0 Å². The van der Waals surface area contributed by atoms with E-state index in [0.29, 0.717) is 17.0 Å². The minimum absolute atomic E-state index is 0.0870. The topological polar surface area (TPSA) is 78.4 Å². The lowest BCUT2D eigenvalue weighted by molar-refractivity contribution is -0.137. The first-order valence-electron chi connectivity index (χ1n) is 8.82. The molecule has 0 unspecified atom stereocenters. The number of anilines is 1. The number of aromatic carboxylic acids is 1. The molecule has 0 fully saturated rings. The summed E-state index contributed by atoms with van der Waals surface area (Å²) in [5.41, 5.74) is -0.237. The Bertz CT molecular complexity index is 817. The molecule has 152 valence electrons. The third-order valence-electron chi connectivity index (χ3n) is 3.99. The summed E-state index contributed by atoms with van der Waals surface area (Å²) in [5.74, 6) is -1.22. The van der Waals surface area contributed by atoms with E-state index in [0.717, 1.165) is 49.2 Å². The summed E-state index contributed by atoms with van der Waals surface area (Å²) in [5, 5.41) is 14.5. The fourth-order valence-corrected chi connectivity index (χ4v) is 3.49. The van der Waals surface area contributed by atoms with Crippen molar-refractivity contribution in [2.75, 3.05) is 11.9 Å². The van der Waals surface area contributed by atoms with Crippen LogP contribution in [0.5, 0.6) is 0 Å². The second-order valence-corrected chi connectivity index (χ2v) is 7.23. The molecule has 2 amide bonds. The van der Waals surface area contributed by atoms with E-state index in [-0.39, 0.29) is 10.6 Å². The number of unbranched alkanes of at least 4 members (excludes halogenated alkanes) is 3. The molecule has 0 aliphatic carbocycles. The number of benzene rings is 1. The molecule has 0 bridgehead atoms. The smallest absolute Gasteiger partial charge is 0.416 e. The van der Waals surface area contributed by atoms with Crippen LogP contribution in [0.4, 0.5) is 23.7 Å². The van der Waals surface area contributed by atoms with Crippen molar-refractivity contribution in [2.45, 2.75) is 38.8 Å². The van der Waals surface area contributed by atoms with Crippen LogP contribution < -0.4 is 10.6 Å². The number of hydrogen-bond donors (Lipinski definition) is 3. The summed E-state index contributed by atoms with van der Waals surface area (Å²) >= 11 is 0.888. The lowest BCUT2D eigenvalue weighted by atomic mass is 10.1. The van der Waals surface area contributed by atoms with Gasteiger partial charge in [0.05, 0.1) is 11.3 Å². The molecule has 0 saturated carbocycles. The van der Waals surface area contributed by atoms with Crippen LogP contribution in [0.3, 0.4) is 0 Å². The third kappa shape index (κ3) is 5.98. The largest absolute Gasteiger partial charge is 0.477 e. The van der Waals surface area contributed by atoms with Gasteiger partial charge in [-0.05, 0) is 30.2 Å². The van der Waals surface area contributed by atoms with Gasteiger partial charge in [-0.2, -0.15) is 13.2 Å². The van der Waals surface area contributed by atoms with E-state index in [1.807, 2.05) is 0 Å². The highest BCUT2D eigenvalue weighted by molar-refractivity contribution is 7.18. The highest BCUT2D eigenvalue weighted by atomic mass is 32.1. The van der Waals surface area contributed by atoms with Crippen molar-refractivity contribution in [1.82, 2.24) is 5.32 Å². The summed E-state index contributed by atoms with van der Waals surface area (Å²) in [6.45, 7) is 2.56. The van der Waals surface area contributed by atoms with Crippen molar-refractivity contribution in [2.24, 2.45) is 0 Å². The number of urea groups is 1. The molecule has 0 spiro atoms. The predicted molar refractivity (Wildman–Crippen MR) is 103 cm³/mol. The maximum Gasteiger partial charge on any atom is 0.416 e. The van der Waals surface area contributed by atoms with Gasteiger partial charge in [0.2, 0.25) is 0 Å². The normalized spacial score (nSPS) is 11.3. The molecule has 2 rings (SSSR count). The Balaban J connectivity index is 2.10. The molecule has 1 aromatic heterocycles. The molecule has 1 aromatic carbocycles. The number of carbonyl (C=O) groups excluding carboxylic acids is 1. The van der Waals surface area contributed by atoms with Crippen molar-refractivity contribution < 1.29 is 27.9 Å². The summed E-state index contributed by atoms with van der Waals surface area (Å²) in [6, 6.07) is 5.36. The zero-order valence-electron chi connectivity index (χ0n) is 15.2. The number of rotatable bonds is 8. The third-order valence-corrected chi connectivity index (χ3v) is 5.16. The number of alkyl halides is 3. The van der Waals surface area contributed by atoms with Crippen LogP contribution in [0.2, 0.25) is 0 Å². The standard InChI is InChI=1S/C19H21F3N2O3S/c1-2-3-4-5-10-23-18(27)24-14-11-15(28-16(14)17(25)26)12-6-8-13(9-7-12)19(20,21)22/h6-9,11H,2-5,10H2,1H3,(H,25,26)(H2,23,24,27). The molecule has 28 heavy (non-hydrogen) atoms. The second-order valence-electron chi connectivity index (χ2n) is 6.18. The van der Waals surface area contributed by atoms with Crippen molar-refractivity contribution in [1.29, 1.82) is 0 Å². The van der Waals surface area contributed by atoms with Gasteiger partial charge in [-0.25, -0.2) is 9.59 Å². The molecule has 9 heteroatoms. The first kappa shape index (κ1) is 21.7. The van der Waals surface area contributed by atoms with E-state index in [2.05, 4.69) is 17.6 Å². The lowest BCUT2D eigenvalue weighted by Crippen LogP contribution is -2.29. The first-order valence-corrected chi connectivity index (χ1v) is 9.63.